The molecule has 0 radical (unpaired) electrons. The Labute approximate surface area is 395 Å². The second-order valence-corrected chi connectivity index (χ2v) is 19.7. The van der Waals surface area contributed by atoms with Gasteiger partial charge >= 0.3 is 0 Å². The van der Waals surface area contributed by atoms with Crippen LogP contribution in [0.1, 0.15) is 277 Å². The highest BCUT2D eigenvalue weighted by Gasteiger charge is 2.44. The van der Waals surface area contributed by atoms with Gasteiger partial charge in [-0.05, 0) is 38.5 Å². The number of carbonyl (C=O) groups excluding carboxylic acids is 1. The summed E-state index contributed by atoms with van der Waals surface area (Å²) in [5, 5.41) is 54.6. The Bertz CT molecular complexity index is 1010. The van der Waals surface area contributed by atoms with Crippen molar-refractivity contribution in [1.82, 2.24) is 5.32 Å². The third-order valence-electron chi connectivity index (χ3n) is 13.6. The van der Waals surface area contributed by atoms with Gasteiger partial charge < -0.3 is 40.3 Å². The van der Waals surface area contributed by atoms with E-state index in [9.17, 15) is 30.3 Å². The SMILES string of the molecule is CCCCCCCC/C=C\CCCCCCCC(=O)NC(COC1OC(CO)C(O)C(O)C1O)C(O)CCCCCCCCCCCCCCCCCCCCCCCCCCCC. The number of nitrogens with one attached hydrogen (secondary N) is 1. The van der Waals surface area contributed by atoms with Crippen LogP contribution in [0, 0.1) is 0 Å². The molecule has 7 unspecified atom stereocenters. The van der Waals surface area contributed by atoms with Gasteiger partial charge in [0, 0.05) is 6.42 Å². The molecule has 0 aromatic carbocycles. The zero-order chi connectivity index (χ0) is 46.6. The zero-order valence-electron chi connectivity index (χ0n) is 42.1. The fourth-order valence-corrected chi connectivity index (χ4v) is 9.16. The number of unbranched alkanes of at least 4 members (excludes halogenated alkanes) is 36. The third-order valence-corrected chi connectivity index (χ3v) is 13.6. The van der Waals surface area contributed by atoms with Gasteiger partial charge in [-0.1, -0.05) is 244 Å². The molecule has 0 bridgehead atoms. The number of hydrogen-bond donors (Lipinski definition) is 6. The van der Waals surface area contributed by atoms with Crippen molar-refractivity contribution < 1.29 is 39.8 Å². The highest BCUT2D eigenvalue weighted by atomic mass is 16.7. The summed E-state index contributed by atoms with van der Waals surface area (Å²) >= 11 is 0. The van der Waals surface area contributed by atoms with Crippen LogP contribution in [0.3, 0.4) is 0 Å². The van der Waals surface area contributed by atoms with E-state index < -0.39 is 49.5 Å². The lowest BCUT2D eigenvalue weighted by Crippen LogP contribution is -2.60. The minimum absolute atomic E-state index is 0.137. The van der Waals surface area contributed by atoms with Gasteiger partial charge in [0.1, 0.15) is 24.4 Å². The van der Waals surface area contributed by atoms with Gasteiger partial charge in [0.25, 0.3) is 0 Å². The van der Waals surface area contributed by atoms with E-state index in [0.717, 1.165) is 51.4 Å². The maximum atomic E-state index is 13.0. The molecule has 64 heavy (non-hydrogen) atoms. The normalized spacial score (nSPS) is 20.0. The smallest absolute Gasteiger partial charge is 0.220 e. The lowest BCUT2D eigenvalue weighted by Gasteiger charge is -2.40. The summed E-state index contributed by atoms with van der Waals surface area (Å²) < 4.78 is 11.3. The molecule has 1 aliphatic rings. The van der Waals surface area contributed by atoms with Gasteiger partial charge in [-0.15, -0.1) is 0 Å². The van der Waals surface area contributed by atoms with E-state index in [4.69, 9.17) is 9.47 Å². The first kappa shape index (κ1) is 60.9. The Balaban J connectivity index is 2.19. The molecule has 1 rings (SSSR count). The van der Waals surface area contributed by atoms with E-state index in [1.165, 1.54) is 199 Å². The van der Waals surface area contributed by atoms with E-state index in [2.05, 4.69) is 31.3 Å². The van der Waals surface area contributed by atoms with Crippen LogP contribution in [0.25, 0.3) is 0 Å². The van der Waals surface area contributed by atoms with Crippen molar-refractivity contribution in [3.63, 3.8) is 0 Å². The summed E-state index contributed by atoms with van der Waals surface area (Å²) in [6.45, 7) is 3.86. The van der Waals surface area contributed by atoms with Gasteiger partial charge in [-0.25, -0.2) is 0 Å². The van der Waals surface area contributed by atoms with E-state index in [1.54, 1.807) is 0 Å². The monoisotopic (exact) mass is 910 g/mol. The van der Waals surface area contributed by atoms with E-state index >= 15 is 0 Å². The molecule has 9 heteroatoms. The van der Waals surface area contributed by atoms with Crippen molar-refractivity contribution in [2.24, 2.45) is 0 Å². The summed E-state index contributed by atoms with van der Waals surface area (Å²) in [6, 6.07) is -0.720. The summed E-state index contributed by atoms with van der Waals surface area (Å²) in [4.78, 5) is 13.0. The Morgan fingerprint density at radius 1 is 0.516 bits per heavy atom. The molecule has 6 N–H and O–H groups in total. The van der Waals surface area contributed by atoms with Crippen molar-refractivity contribution in [3.05, 3.63) is 12.2 Å². The largest absolute Gasteiger partial charge is 0.394 e. The van der Waals surface area contributed by atoms with Crippen LogP contribution in [0.4, 0.5) is 0 Å². The number of carbonyl (C=O) groups is 1. The first-order valence-electron chi connectivity index (χ1n) is 27.9. The standard InChI is InChI=1S/C55H107NO8/c1-3-5-7-9-11-13-15-17-19-20-21-22-23-24-25-26-27-28-29-31-32-34-36-38-40-42-44-49(58)48(47-63-55-54(62)53(61)52(60)50(46-57)64-55)56-51(59)45-43-41-39-37-35-33-30-18-16-14-12-10-8-6-4-2/h18,30,48-50,52-55,57-58,60-62H,3-17,19-29,31-47H2,1-2H3,(H,56,59)/b30-18-. The molecule has 1 amide bonds. The summed E-state index contributed by atoms with van der Waals surface area (Å²) in [7, 11) is 0. The molecule has 0 aromatic heterocycles. The Kier molecular flexibility index (Phi) is 43.5. The average molecular weight is 910 g/mol. The number of ether oxygens (including phenoxy) is 2. The molecule has 7 atom stereocenters. The highest BCUT2D eigenvalue weighted by molar-refractivity contribution is 5.76. The van der Waals surface area contributed by atoms with Crippen LogP contribution in [-0.4, -0.2) is 87.5 Å². The van der Waals surface area contributed by atoms with Crippen molar-refractivity contribution in [1.29, 1.82) is 0 Å². The topological polar surface area (TPSA) is 149 Å². The molecular formula is C55H107NO8. The average Bonchev–Trinajstić information content (AvgIpc) is 3.29. The molecule has 9 nitrogen and oxygen atoms in total. The Morgan fingerprint density at radius 3 is 1.27 bits per heavy atom. The van der Waals surface area contributed by atoms with Crippen LogP contribution in [0.5, 0.6) is 0 Å². The number of amides is 1. The Morgan fingerprint density at radius 2 is 0.875 bits per heavy atom. The lowest BCUT2D eigenvalue weighted by atomic mass is 9.99. The van der Waals surface area contributed by atoms with Gasteiger partial charge in [0.05, 0.1) is 25.4 Å². The van der Waals surface area contributed by atoms with Crippen molar-refractivity contribution in [3.8, 4) is 0 Å². The quantitative estimate of drug-likeness (QED) is 0.0261. The second kappa shape index (κ2) is 45.7. The molecule has 1 saturated heterocycles. The Hall–Kier alpha value is -1.07. The fraction of sp³-hybridized carbons (Fsp3) is 0.945. The van der Waals surface area contributed by atoms with E-state index in [-0.39, 0.29) is 12.5 Å². The summed E-state index contributed by atoms with van der Waals surface area (Å²) in [6.07, 6.45) is 48.1. The molecule has 380 valence electrons. The van der Waals surface area contributed by atoms with Crippen LogP contribution in [0.15, 0.2) is 12.2 Å². The molecule has 1 fully saturated rings. The van der Waals surface area contributed by atoms with Gasteiger partial charge in [-0.2, -0.15) is 0 Å². The molecule has 1 aliphatic heterocycles. The molecule has 0 spiro atoms. The molecular weight excluding hydrogens is 803 g/mol. The van der Waals surface area contributed by atoms with Gasteiger partial charge in [0.2, 0.25) is 5.91 Å². The van der Waals surface area contributed by atoms with E-state index in [0.29, 0.717) is 12.8 Å². The van der Waals surface area contributed by atoms with Crippen LogP contribution in [0.2, 0.25) is 0 Å². The number of allylic oxidation sites excluding steroid dienone is 2. The van der Waals surface area contributed by atoms with Gasteiger partial charge in [0.15, 0.2) is 6.29 Å². The predicted octanol–water partition coefficient (Wildman–Crippen LogP) is 13.2. The lowest BCUT2D eigenvalue weighted by molar-refractivity contribution is -0.302. The predicted molar refractivity (Wildman–Crippen MR) is 267 cm³/mol. The van der Waals surface area contributed by atoms with Crippen molar-refractivity contribution in [2.45, 2.75) is 320 Å². The fourth-order valence-electron chi connectivity index (χ4n) is 9.16. The summed E-state index contributed by atoms with van der Waals surface area (Å²) in [5.41, 5.74) is 0. The number of rotatable bonds is 48. The third kappa shape index (κ3) is 35.1. The number of aliphatic hydroxyl groups excluding tert-OH is 5. The molecule has 0 aromatic rings. The van der Waals surface area contributed by atoms with E-state index in [1.807, 2.05) is 0 Å². The van der Waals surface area contributed by atoms with Gasteiger partial charge in [-0.3, -0.25) is 4.79 Å². The minimum Gasteiger partial charge on any atom is -0.394 e. The minimum atomic E-state index is -1.55. The van der Waals surface area contributed by atoms with Crippen LogP contribution in [-0.2, 0) is 14.3 Å². The first-order valence-corrected chi connectivity index (χ1v) is 27.9. The maximum Gasteiger partial charge on any atom is 0.220 e. The summed E-state index contributed by atoms with van der Waals surface area (Å²) in [5.74, 6) is -0.149. The first-order chi connectivity index (χ1) is 31.3. The molecule has 0 saturated carbocycles. The molecule has 0 aliphatic carbocycles. The maximum absolute atomic E-state index is 13.0. The van der Waals surface area contributed by atoms with Crippen LogP contribution >= 0.6 is 0 Å². The number of hydrogen-bond acceptors (Lipinski definition) is 8. The second-order valence-electron chi connectivity index (χ2n) is 19.7. The van der Waals surface area contributed by atoms with Crippen LogP contribution < -0.4 is 5.32 Å². The van der Waals surface area contributed by atoms with Crippen molar-refractivity contribution in [2.75, 3.05) is 13.2 Å². The van der Waals surface area contributed by atoms with Crippen molar-refractivity contribution >= 4 is 5.91 Å². The molecule has 1 heterocycles. The zero-order valence-corrected chi connectivity index (χ0v) is 42.1. The highest BCUT2D eigenvalue weighted by Crippen LogP contribution is 2.23. The number of aliphatic hydroxyl groups is 5.